The lowest BCUT2D eigenvalue weighted by atomic mass is 10.1. The summed E-state index contributed by atoms with van der Waals surface area (Å²) in [5.41, 5.74) is 3.66. The van der Waals surface area contributed by atoms with E-state index in [4.69, 9.17) is 21.1 Å². The van der Waals surface area contributed by atoms with Crippen molar-refractivity contribution < 1.29 is 14.3 Å². The first-order valence-electron chi connectivity index (χ1n) is 6.99. The fourth-order valence-electron chi connectivity index (χ4n) is 2.14. The van der Waals surface area contributed by atoms with Gasteiger partial charge in [-0.05, 0) is 36.4 Å². The zero-order valence-electron chi connectivity index (χ0n) is 12.4. The SMILES string of the molecule is O=NCC(=NNC(=O)c1cccc(Cl)c1)c1ccc2c(c1)OCO2. The molecule has 0 saturated carbocycles. The van der Waals surface area contributed by atoms with Gasteiger partial charge in [-0.25, -0.2) is 5.43 Å². The van der Waals surface area contributed by atoms with E-state index in [0.29, 0.717) is 33.4 Å². The van der Waals surface area contributed by atoms with Gasteiger partial charge in [0.15, 0.2) is 11.5 Å². The molecule has 7 nitrogen and oxygen atoms in total. The Morgan fingerprint density at radius 1 is 1.12 bits per heavy atom. The molecule has 0 atom stereocenters. The van der Waals surface area contributed by atoms with E-state index in [1.54, 1.807) is 36.4 Å². The number of hydrogen-bond donors (Lipinski definition) is 1. The number of amides is 1. The highest BCUT2D eigenvalue weighted by atomic mass is 35.5. The quantitative estimate of drug-likeness (QED) is 0.512. The van der Waals surface area contributed by atoms with Gasteiger partial charge in [0.1, 0.15) is 6.54 Å². The highest BCUT2D eigenvalue weighted by Crippen LogP contribution is 2.32. The smallest absolute Gasteiger partial charge is 0.271 e. The molecule has 122 valence electrons. The Bertz CT molecular complexity index is 823. The molecule has 1 aliphatic heterocycles. The lowest BCUT2D eigenvalue weighted by molar-refractivity contribution is 0.0955. The van der Waals surface area contributed by atoms with Crippen molar-refractivity contribution in [1.82, 2.24) is 5.43 Å². The zero-order chi connectivity index (χ0) is 16.9. The van der Waals surface area contributed by atoms with Crippen molar-refractivity contribution in [1.29, 1.82) is 0 Å². The number of benzene rings is 2. The topological polar surface area (TPSA) is 89.4 Å². The molecule has 0 fully saturated rings. The van der Waals surface area contributed by atoms with E-state index in [2.05, 4.69) is 15.7 Å². The Morgan fingerprint density at radius 2 is 1.96 bits per heavy atom. The van der Waals surface area contributed by atoms with Crippen molar-refractivity contribution in [2.45, 2.75) is 0 Å². The fraction of sp³-hybridized carbons (Fsp3) is 0.125. The van der Waals surface area contributed by atoms with Crippen LogP contribution in [0.3, 0.4) is 0 Å². The molecular formula is C16H12ClN3O4. The molecule has 0 unspecified atom stereocenters. The summed E-state index contributed by atoms with van der Waals surface area (Å²) in [7, 11) is 0. The van der Waals surface area contributed by atoms with Crippen LogP contribution in [0.15, 0.2) is 52.7 Å². The van der Waals surface area contributed by atoms with Crippen molar-refractivity contribution in [2.75, 3.05) is 13.3 Å². The molecule has 2 aromatic rings. The van der Waals surface area contributed by atoms with Gasteiger partial charge in [0, 0.05) is 16.1 Å². The van der Waals surface area contributed by atoms with Crippen molar-refractivity contribution in [3.05, 3.63) is 63.5 Å². The summed E-state index contributed by atoms with van der Waals surface area (Å²) in [5.74, 6) is 0.717. The van der Waals surface area contributed by atoms with Gasteiger partial charge in [-0.1, -0.05) is 22.8 Å². The van der Waals surface area contributed by atoms with Crippen molar-refractivity contribution >= 4 is 23.2 Å². The van der Waals surface area contributed by atoms with Crippen LogP contribution in [-0.2, 0) is 0 Å². The normalized spacial score (nSPS) is 12.8. The molecule has 3 rings (SSSR count). The summed E-state index contributed by atoms with van der Waals surface area (Å²) in [6, 6.07) is 11.5. The number of hydrazone groups is 1. The van der Waals surface area contributed by atoms with Crippen LogP contribution in [-0.4, -0.2) is 25.0 Å². The van der Waals surface area contributed by atoms with Crippen molar-refractivity contribution in [3.8, 4) is 11.5 Å². The number of ether oxygens (including phenoxy) is 2. The Balaban J connectivity index is 1.81. The van der Waals surface area contributed by atoms with E-state index in [9.17, 15) is 9.70 Å². The van der Waals surface area contributed by atoms with Crippen LogP contribution in [0.4, 0.5) is 0 Å². The number of hydrogen-bond acceptors (Lipinski definition) is 6. The Hall–Kier alpha value is -2.93. The van der Waals surface area contributed by atoms with Gasteiger partial charge in [-0.3, -0.25) is 4.79 Å². The summed E-state index contributed by atoms with van der Waals surface area (Å²) < 4.78 is 10.5. The van der Waals surface area contributed by atoms with Crippen LogP contribution < -0.4 is 14.9 Å². The van der Waals surface area contributed by atoms with Gasteiger partial charge in [0.05, 0.1) is 5.71 Å². The molecule has 0 spiro atoms. The van der Waals surface area contributed by atoms with Gasteiger partial charge in [-0.2, -0.15) is 10.0 Å². The van der Waals surface area contributed by atoms with Crippen molar-refractivity contribution in [3.63, 3.8) is 0 Å². The minimum absolute atomic E-state index is 0.142. The number of carbonyl (C=O) groups excluding carboxylic acids is 1. The lowest BCUT2D eigenvalue weighted by Gasteiger charge is -2.06. The molecule has 1 N–H and O–H groups in total. The third kappa shape index (κ3) is 3.52. The maximum atomic E-state index is 12.1. The van der Waals surface area contributed by atoms with E-state index in [1.165, 1.54) is 6.07 Å². The summed E-state index contributed by atoms with van der Waals surface area (Å²) in [5, 5.41) is 7.29. The first-order chi connectivity index (χ1) is 11.7. The maximum Gasteiger partial charge on any atom is 0.271 e. The Morgan fingerprint density at radius 3 is 2.75 bits per heavy atom. The second kappa shape index (κ2) is 7.10. The van der Waals surface area contributed by atoms with Gasteiger partial charge in [0.25, 0.3) is 5.91 Å². The molecule has 0 bridgehead atoms. The van der Waals surface area contributed by atoms with Gasteiger partial charge in [-0.15, -0.1) is 0 Å². The van der Waals surface area contributed by atoms with E-state index in [-0.39, 0.29) is 13.3 Å². The standard InChI is InChI=1S/C16H12ClN3O4/c17-12-3-1-2-11(6-12)16(21)20-19-13(8-18-22)10-4-5-14-15(7-10)24-9-23-14/h1-7H,8-9H2,(H,20,21). The van der Waals surface area contributed by atoms with Crippen LogP contribution in [0.25, 0.3) is 0 Å². The van der Waals surface area contributed by atoms with E-state index < -0.39 is 5.91 Å². The predicted octanol–water partition coefficient (Wildman–Crippen LogP) is 2.97. The minimum Gasteiger partial charge on any atom is -0.454 e. The van der Waals surface area contributed by atoms with Gasteiger partial charge >= 0.3 is 0 Å². The number of rotatable bonds is 5. The highest BCUT2D eigenvalue weighted by molar-refractivity contribution is 6.30. The number of nitrogens with zero attached hydrogens (tertiary/aromatic N) is 2. The second-order valence-corrected chi connectivity index (χ2v) is 5.30. The molecule has 24 heavy (non-hydrogen) atoms. The van der Waals surface area contributed by atoms with E-state index >= 15 is 0 Å². The largest absolute Gasteiger partial charge is 0.454 e. The minimum atomic E-state index is -0.443. The Labute approximate surface area is 142 Å². The molecule has 8 heteroatoms. The second-order valence-electron chi connectivity index (χ2n) is 4.87. The maximum absolute atomic E-state index is 12.1. The molecular weight excluding hydrogens is 334 g/mol. The van der Waals surface area contributed by atoms with Crippen LogP contribution in [0, 0.1) is 4.91 Å². The highest BCUT2D eigenvalue weighted by Gasteiger charge is 2.16. The van der Waals surface area contributed by atoms with Crippen LogP contribution in [0.2, 0.25) is 5.02 Å². The van der Waals surface area contributed by atoms with Gasteiger partial charge < -0.3 is 9.47 Å². The van der Waals surface area contributed by atoms with Crippen LogP contribution in [0.5, 0.6) is 11.5 Å². The molecule has 1 amide bonds. The molecule has 2 aromatic carbocycles. The molecule has 0 radical (unpaired) electrons. The first kappa shape index (κ1) is 15.9. The molecule has 1 heterocycles. The molecule has 0 aromatic heterocycles. The van der Waals surface area contributed by atoms with E-state index in [0.717, 1.165) is 0 Å². The average Bonchev–Trinajstić information content (AvgIpc) is 3.06. The summed E-state index contributed by atoms with van der Waals surface area (Å²) in [6.45, 7) is -0.0574. The van der Waals surface area contributed by atoms with Crippen molar-refractivity contribution in [2.24, 2.45) is 10.3 Å². The zero-order valence-corrected chi connectivity index (χ0v) is 13.1. The molecule has 1 aliphatic rings. The van der Waals surface area contributed by atoms with Gasteiger partial charge in [0.2, 0.25) is 6.79 Å². The molecule has 0 saturated heterocycles. The third-order valence-electron chi connectivity index (χ3n) is 3.30. The number of carbonyl (C=O) groups is 1. The number of halogens is 1. The molecule has 0 aliphatic carbocycles. The number of nitroso groups, excluding NO2 is 1. The van der Waals surface area contributed by atoms with Crippen LogP contribution >= 0.6 is 11.6 Å². The first-order valence-corrected chi connectivity index (χ1v) is 7.37. The third-order valence-corrected chi connectivity index (χ3v) is 3.53. The lowest BCUT2D eigenvalue weighted by Crippen LogP contribution is -2.21. The fourth-order valence-corrected chi connectivity index (χ4v) is 2.33. The number of nitrogens with one attached hydrogen (secondary N) is 1. The van der Waals surface area contributed by atoms with Crippen LogP contribution in [0.1, 0.15) is 15.9 Å². The number of fused-ring (bicyclic) bond motifs is 1. The average molecular weight is 346 g/mol. The predicted molar refractivity (Wildman–Crippen MR) is 88.7 cm³/mol. The van der Waals surface area contributed by atoms with E-state index in [1.807, 2.05) is 0 Å². The summed E-state index contributed by atoms with van der Waals surface area (Å²) >= 11 is 5.85. The Kier molecular flexibility index (Phi) is 4.72. The summed E-state index contributed by atoms with van der Waals surface area (Å²) in [6.07, 6.45) is 0. The monoisotopic (exact) mass is 345 g/mol. The summed E-state index contributed by atoms with van der Waals surface area (Å²) in [4.78, 5) is 22.8.